The molecule has 1 heterocycles. The maximum Gasteiger partial charge on any atom is 0.307 e. The van der Waals surface area contributed by atoms with Gasteiger partial charge in [-0.05, 0) is 42.9 Å². The van der Waals surface area contributed by atoms with E-state index in [1.807, 2.05) is 41.9 Å². The van der Waals surface area contributed by atoms with E-state index in [0.29, 0.717) is 22.7 Å². The Balaban J connectivity index is 1.58. The number of rotatable bonds is 20. The van der Waals surface area contributed by atoms with Crippen molar-refractivity contribution in [1.29, 1.82) is 0 Å². The number of thioether (sulfide) groups is 1. The van der Waals surface area contributed by atoms with Gasteiger partial charge in [0.2, 0.25) is 5.91 Å². The Morgan fingerprint density at radius 1 is 0.911 bits per heavy atom. The van der Waals surface area contributed by atoms with Crippen molar-refractivity contribution >= 4 is 56.7 Å². The lowest BCUT2D eigenvalue weighted by atomic mass is 9.79. The number of fused-ring (bicyclic) bond motifs is 1. The first-order valence-corrected chi connectivity index (χ1v) is 21.5. The van der Waals surface area contributed by atoms with E-state index in [1.54, 1.807) is 36.4 Å². The second-order valence-electron chi connectivity index (χ2n) is 13.9. The topological polar surface area (TPSA) is 212 Å². The molecule has 56 heavy (non-hydrogen) atoms. The molecule has 0 aliphatic carbocycles. The second-order valence-corrected chi connectivity index (χ2v) is 16.7. The van der Waals surface area contributed by atoms with Crippen molar-refractivity contribution in [2.75, 3.05) is 36.6 Å². The summed E-state index contributed by atoms with van der Waals surface area (Å²) in [4.78, 5) is 52.5. The zero-order valence-electron chi connectivity index (χ0n) is 31.9. The monoisotopic (exact) mass is 812 g/mol. The average molecular weight is 813 g/mol. The molecule has 1 aliphatic heterocycles. The molecule has 3 amide bonds. The minimum Gasteiger partial charge on any atom is -0.483 e. The molecule has 0 saturated heterocycles. The number of unbranched alkanes of at least 4 members (excludes halogenated alkanes) is 2. The number of carbonyl (C=O) groups excluding carboxylic acids is 3. The van der Waals surface area contributed by atoms with Crippen LogP contribution in [0.2, 0.25) is 0 Å². The van der Waals surface area contributed by atoms with Crippen LogP contribution in [0.1, 0.15) is 70.4 Å². The van der Waals surface area contributed by atoms with E-state index in [1.165, 1.54) is 17.8 Å². The molecule has 14 nitrogen and oxygen atoms in total. The predicted molar refractivity (Wildman–Crippen MR) is 213 cm³/mol. The van der Waals surface area contributed by atoms with Gasteiger partial charge in [0.05, 0.1) is 34.2 Å². The van der Waals surface area contributed by atoms with Crippen LogP contribution in [0.4, 0.5) is 11.4 Å². The molecule has 0 spiro atoms. The minimum absolute atomic E-state index is 0.0258. The molecule has 0 saturated carbocycles. The van der Waals surface area contributed by atoms with Gasteiger partial charge in [0.25, 0.3) is 11.8 Å². The van der Waals surface area contributed by atoms with Crippen molar-refractivity contribution in [3.63, 3.8) is 0 Å². The van der Waals surface area contributed by atoms with Gasteiger partial charge >= 0.3 is 5.97 Å². The lowest BCUT2D eigenvalue weighted by Gasteiger charge is -2.37. The maximum absolute atomic E-state index is 14.4. The van der Waals surface area contributed by atoms with Crippen molar-refractivity contribution in [3.05, 3.63) is 78.4 Å². The summed E-state index contributed by atoms with van der Waals surface area (Å²) >= 11 is 1.34. The molecular formula is C40H52N4O10S2. The van der Waals surface area contributed by atoms with Gasteiger partial charge in [-0.1, -0.05) is 88.1 Å². The lowest BCUT2D eigenvalue weighted by molar-refractivity contribution is -0.141. The highest BCUT2D eigenvalue weighted by atomic mass is 32.2. The fourth-order valence-electron chi connectivity index (χ4n) is 6.74. The van der Waals surface area contributed by atoms with E-state index in [-0.39, 0.29) is 16.4 Å². The summed E-state index contributed by atoms with van der Waals surface area (Å²) in [5.41, 5.74) is 1.30. The molecule has 0 bridgehead atoms. The third-order valence-electron chi connectivity index (χ3n) is 9.56. The predicted octanol–water partition coefficient (Wildman–Crippen LogP) is 4.32. The summed E-state index contributed by atoms with van der Waals surface area (Å²) < 4.78 is 34.9. The Kier molecular flexibility index (Phi) is 16.1. The van der Waals surface area contributed by atoms with Crippen molar-refractivity contribution in [2.45, 2.75) is 87.0 Å². The number of ether oxygens (including phenoxy) is 1. The van der Waals surface area contributed by atoms with Crippen LogP contribution < -0.4 is 25.6 Å². The van der Waals surface area contributed by atoms with Gasteiger partial charge in [-0.3, -0.25) is 19.2 Å². The van der Waals surface area contributed by atoms with Crippen LogP contribution >= 0.6 is 11.8 Å². The van der Waals surface area contributed by atoms with Gasteiger partial charge in [0, 0.05) is 23.7 Å². The Bertz CT molecular complexity index is 1910. The quantitative estimate of drug-likeness (QED) is 0.0696. The summed E-state index contributed by atoms with van der Waals surface area (Å²) in [6.45, 7) is 3.55. The zero-order chi connectivity index (χ0) is 40.9. The molecule has 4 rings (SSSR count). The number of carboxylic acid groups (broad SMARTS) is 1. The smallest absolute Gasteiger partial charge is 0.307 e. The van der Waals surface area contributed by atoms with Crippen LogP contribution in [0.15, 0.2) is 82.6 Å². The summed E-state index contributed by atoms with van der Waals surface area (Å²) in [5.74, 6) is -3.81. The molecule has 3 aromatic carbocycles. The summed E-state index contributed by atoms with van der Waals surface area (Å²) in [5, 5.41) is 35.6. The van der Waals surface area contributed by atoms with Crippen molar-refractivity contribution in [1.82, 2.24) is 16.0 Å². The molecule has 1 aliphatic rings. The standard InChI is InChI=1S/C40H52N4O10S2/c1-4-6-18-40(19-7-5-2)25-44(28-16-12-9-13-17-28)29-20-32(55-3)31(21-33(29)56(52,53)26-40)54-24-35(47)42-37(27-14-10-8-11-15-27)39(51)41-23-30(45)38(50)43-34(46)22-36(48)49/h8-17,20-21,30,34,37,45-46H,4-7,18-19,22-26H2,1-3H3,(H,41,51)(H,42,47)(H,43,50)(H,48,49). The Hall–Kier alpha value is -4.64. The first-order chi connectivity index (χ1) is 26.7. The molecule has 3 aromatic rings. The molecular weight excluding hydrogens is 761 g/mol. The van der Waals surface area contributed by atoms with E-state index >= 15 is 0 Å². The van der Waals surface area contributed by atoms with Gasteiger partial charge in [-0.15, -0.1) is 11.8 Å². The third kappa shape index (κ3) is 11.9. The fraction of sp³-hybridized carbons (Fsp3) is 0.450. The van der Waals surface area contributed by atoms with Crippen LogP contribution in [0.5, 0.6) is 5.75 Å². The van der Waals surface area contributed by atoms with Crippen LogP contribution in [-0.4, -0.2) is 91.5 Å². The van der Waals surface area contributed by atoms with Crippen molar-refractivity contribution < 1.29 is 47.7 Å². The van der Waals surface area contributed by atoms with E-state index < -0.39 is 76.9 Å². The van der Waals surface area contributed by atoms with Crippen LogP contribution in [-0.2, 0) is 29.0 Å². The highest BCUT2D eigenvalue weighted by Gasteiger charge is 2.42. The first kappa shape index (κ1) is 44.1. The number of carbonyl (C=O) groups is 4. The van der Waals surface area contributed by atoms with Gasteiger partial charge in [-0.2, -0.15) is 0 Å². The van der Waals surface area contributed by atoms with Crippen molar-refractivity contribution in [3.8, 4) is 5.75 Å². The van der Waals surface area contributed by atoms with Crippen LogP contribution in [0.25, 0.3) is 0 Å². The number of amides is 3. The molecule has 3 unspecified atom stereocenters. The van der Waals surface area contributed by atoms with E-state index in [4.69, 9.17) is 9.84 Å². The largest absolute Gasteiger partial charge is 0.483 e. The third-order valence-corrected chi connectivity index (χ3v) is 12.3. The van der Waals surface area contributed by atoms with Gasteiger partial charge in [0.15, 0.2) is 16.4 Å². The Labute approximate surface area is 332 Å². The molecule has 6 N–H and O–H groups in total. The number of para-hydroxylation sites is 1. The number of aliphatic hydroxyl groups excluding tert-OH is 2. The van der Waals surface area contributed by atoms with Gasteiger partial charge < -0.3 is 40.9 Å². The molecule has 16 heteroatoms. The maximum atomic E-state index is 14.4. The normalized spacial score (nSPS) is 16.0. The Morgan fingerprint density at radius 3 is 2.12 bits per heavy atom. The highest BCUT2D eigenvalue weighted by molar-refractivity contribution is 7.98. The zero-order valence-corrected chi connectivity index (χ0v) is 33.5. The summed E-state index contributed by atoms with van der Waals surface area (Å²) in [6, 6.07) is 20.0. The highest BCUT2D eigenvalue weighted by Crippen LogP contribution is 2.47. The molecule has 3 atom stereocenters. The summed E-state index contributed by atoms with van der Waals surface area (Å²) in [7, 11) is -3.85. The van der Waals surface area contributed by atoms with Crippen LogP contribution in [0.3, 0.4) is 0 Å². The average Bonchev–Trinajstić information content (AvgIpc) is 3.27. The molecule has 0 fully saturated rings. The van der Waals surface area contributed by atoms with E-state index in [9.17, 15) is 37.8 Å². The number of nitrogens with zero attached hydrogens (tertiary/aromatic N) is 1. The SMILES string of the molecule is CCCCC1(CCCC)CN(c2ccccc2)c2cc(SC)c(OCC(=O)NC(C(=O)NCC(O)C(=O)NC(O)CC(=O)O)c3ccccc3)cc2S(=O)(=O)C1. The van der Waals surface area contributed by atoms with E-state index in [2.05, 4.69) is 29.4 Å². The first-order valence-electron chi connectivity index (χ1n) is 18.6. The van der Waals surface area contributed by atoms with Gasteiger partial charge in [0.1, 0.15) is 24.1 Å². The number of carboxylic acids is 1. The molecule has 304 valence electrons. The number of benzene rings is 3. The number of anilines is 2. The van der Waals surface area contributed by atoms with Crippen LogP contribution in [0, 0.1) is 5.41 Å². The minimum atomic E-state index is -3.85. The number of sulfone groups is 1. The van der Waals surface area contributed by atoms with E-state index in [0.717, 1.165) is 44.2 Å². The number of aliphatic carboxylic acids is 1. The number of hydrogen-bond acceptors (Lipinski definition) is 11. The second kappa shape index (κ2) is 20.5. The van der Waals surface area contributed by atoms with Gasteiger partial charge in [-0.25, -0.2) is 8.42 Å². The lowest BCUT2D eigenvalue weighted by Crippen LogP contribution is -2.49. The fourth-order valence-corrected chi connectivity index (χ4v) is 9.40. The number of nitrogens with one attached hydrogen (secondary N) is 3. The molecule has 0 aromatic heterocycles. The number of hydrogen-bond donors (Lipinski definition) is 6. The van der Waals surface area contributed by atoms with Crippen molar-refractivity contribution in [2.24, 2.45) is 5.41 Å². The number of aliphatic hydroxyl groups is 2. The summed E-state index contributed by atoms with van der Waals surface area (Å²) in [6.07, 6.45) is 2.65. The molecule has 0 radical (unpaired) electrons. The Morgan fingerprint density at radius 2 is 1.54 bits per heavy atom.